The Kier molecular flexibility index (Phi) is 20.1. The molecule has 1 aliphatic rings. The zero-order valence-corrected chi connectivity index (χ0v) is 36.8. The monoisotopic (exact) mass is 797 g/mol. The summed E-state index contributed by atoms with van der Waals surface area (Å²) >= 11 is 3.59. The maximum absolute atomic E-state index is 13.9. The van der Waals surface area contributed by atoms with E-state index in [1.807, 2.05) is 11.5 Å². The van der Waals surface area contributed by atoms with E-state index in [1.54, 1.807) is 28.1 Å². The number of anilines is 2. The minimum Gasteiger partial charge on any atom is -0.349 e. The maximum Gasteiger partial charge on any atom is 0.361 e. The molecule has 0 spiro atoms. The van der Waals surface area contributed by atoms with Gasteiger partial charge >= 0.3 is 16.0 Å². The molecule has 0 unspecified atom stereocenters. The molecule has 0 aliphatic carbocycles. The van der Waals surface area contributed by atoms with Crippen LogP contribution in [0.3, 0.4) is 0 Å². The van der Waals surface area contributed by atoms with Gasteiger partial charge in [0, 0.05) is 61.1 Å². The van der Waals surface area contributed by atoms with Crippen LogP contribution < -0.4 is 31.0 Å². The van der Waals surface area contributed by atoms with Gasteiger partial charge in [0.1, 0.15) is 11.4 Å². The van der Waals surface area contributed by atoms with Gasteiger partial charge in [0.2, 0.25) is 11.6 Å². The fourth-order valence-electron chi connectivity index (χ4n) is 7.25. The summed E-state index contributed by atoms with van der Waals surface area (Å²) in [5.74, 6) is 3.81. The number of fused-ring (bicyclic) bond motifs is 6. The Balaban J connectivity index is 1.47. The summed E-state index contributed by atoms with van der Waals surface area (Å²) in [6.07, 6.45) is 20.9. The smallest absolute Gasteiger partial charge is 0.349 e. The highest BCUT2D eigenvalue weighted by Gasteiger charge is 2.19. The largest absolute Gasteiger partial charge is 0.361 e. The van der Waals surface area contributed by atoms with E-state index in [9.17, 15) is 9.59 Å². The second-order valence-corrected chi connectivity index (χ2v) is 17.6. The molecule has 0 saturated heterocycles. The first kappa shape index (κ1) is 44.8. The van der Waals surface area contributed by atoms with Crippen LogP contribution in [-0.4, -0.2) is 43.7 Å². The van der Waals surface area contributed by atoms with Gasteiger partial charge in [-0.2, -0.15) is 0 Å². The maximum atomic E-state index is 13.9. The Hall–Kier alpha value is -2.86. The Morgan fingerprint density at radius 2 is 1.11 bits per heavy atom. The molecular formula is C43H72N8O2S2+2. The number of thioether (sulfide) groups is 2. The van der Waals surface area contributed by atoms with Crippen molar-refractivity contribution in [1.82, 2.24) is 19.1 Å². The van der Waals surface area contributed by atoms with Crippen molar-refractivity contribution >= 4 is 35.2 Å². The molecule has 12 heteroatoms. The molecule has 2 N–H and O–H groups in total. The second kappa shape index (κ2) is 24.7. The van der Waals surface area contributed by atoms with Crippen molar-refractivity contribution in [2.75, 3.05) is 35.2 Å². The van der Waals surface area contributed by atoms with E-state index in [0.717, 1.165) is 128 Å². The molecule has 10 nitrogen and oxygen atoms in total. The topological polar surface area (TPSA) is 102 Å². The van der Waals surface area contributed by atoms with Crippen LogP contribution in [0.2, 0.25) is 0 Å². The van der Waals surface area contributed by atoms with E-state index in [4.69, 9.17) is 9.97 Å². The molecule has 0 fully saturated rings. The molecular weight excluding hydrogens is 725 g/mol. The summed E-state index contributed by atoms with van der Waals surface area (Å²) < 4.78 is 7.81. The summed E-state index contributed by atoms with van der Waals surface area (Å²) in [6, 6.07) is 4.27. The standard InChI is InChI=1S/C43H70N8O2S2/c1-7-8-9-10-11-12-13-18-25-37-36(4)50-28-21-16-23-30-54-41-46-38(32-34(2)48(41)5)44-26-19-14-15-20-27-45-39-33-35(3)49(6)42(47-39)55-31-24-17-22-29-51(40(37)52)43(50)53/h32-33H,7-31H2,1-6H3/p+2. The van der Waals surface area contributed by atoms with Crippen molar-refractivity contribution in [3.8, 4) is 0 Å². The number of rotatable bonds is 9. The van der Waals surface area contributed by atoms with Crippen LogP contribution in [0.1, 0.15) is 145 Å². The lowest BCUT2D eigenvalue weighted by Gasteiger charge is -2.17. The van der Waals surface area contributed by atoms with E-state index in [-0.39, 0.29) is 11.2 Å². The molecule has 306 valence electrons. The van der Waals surface area contributed by atoms with Crippen LogP contribution in [0.5, 0.6) is 0 Å². The lowest BCUT2D eigenvalue weighted by molar-refractivity contribution is -0.718. The lowest BCUT2D eigenvalue weighted by Crippen LogP contribution is -2.43. The zero-order valence-electron chi connectivity index (χ0n) is 35.1. The molecule has 55 heavy (non-hydrogen) atoms. The van der Waals surface area contributed by atoms with Crippen molar-refractivity contribution in [3.63, 3.8) is 0 Å². The van der Waals surface area contributed by atoms with E-state index >= 15 is 0 Å². The first-order valence-electron chi connectivity index (χ1n) is 21.5. The number of hydrogen-bond acceptors (Lipinski definition) is 8. The summed E-state index contributed by atoms with van der Waals surface area (Å²) in [5, 5.41) is 9.18. The molecule has 6 bridgehead atoms. The highest BCUT2D eigenvalue weighted by molar-refractivity contribution is 7.99. The quantitative estimate of drug-likeness (QED) is 0.127. The van der Waals surface area contributed by atoms with Crippen LogP contribution >= 0.6 is 23.5 Å². The number of hydrogen-bond donors (Lipinski definition) is 2. The normalized spacial score (nSPS) is 16.0. The fourth-order valence-corrected chi connectivity index (χ4v) is 9.32. The van der Waals surface area contributed by atoms with Gasteiger partial charge in [-0.25, -0.2) is 13.9 Å². The van der Waals surface area contributed by atoms with Crippen molar-refractivity contribution < 1.29 is 9.13 Å². The molecule has 1 aliphatic heterocycles. The van der Waals surface area contributed by atoms with Gasteiger partial charge in [-0.05, 0) is 106 Å². The molecule has 0 radical (unpaired) electrons. The predicted octanol–water partition coefficient (Wildman–Crippen LogP) is 8.38. The van der Waals surface area contributed by atoms with Crippen molar-refractivity contribution in [2.45, 2.75) is 173 Å². The number of aryl methyl sites for hydroxylation is 2. The van der Waals surface area contributed by atoms with E-state index in [0.29, 0.717) is 13.1 Å². The molecule has 0 atom stereocenters. The summed E-state index contributed by atoms with van der Waals surface area (Å²) in [6.45, 7) is 11.5. The van der Waals surface area contributed by atoms with Crippen LogP contribution in [0, 0.1) is 20.8 Å². The average molecular weight is 797 g/mol. The second-order valence-electron chi connectivity index (χ2n) is 15.5. The molecule has 4 heterocycles. The van der Waals surface area contributed by atoms with E-state index in [1.165, 1.54) is 62.8 Å². The van der Waals surface area contributed by atoms with Gasteiger partial charge in [-0.15, -0.1) is 0 Å². The Labute approximate surface area is 340 Å². The highest BCUT2D eigenvalue weighted by atomic mass is 32.2. The van der Waals surface area contributed by atoms with Gasteiger partial charge in [0.25, 0.3) is 5.56 Å². The summed E-state index contributed by atoms with van der Waals surface area (Å²) in [7, 11) is 4.17. The molecule has 3 aromatic rings. The lowest BCUT2D eigenvalue weighted by atomic mass is 10.0. The predicted molar refractivity (Wildman–Crippen MR) is 231 cm³/mol. The van der Waals surface area contributed by atoms with Crippen molar-refractivity contribution in [2.24, 2.45) is 14.1 Å². The molecule has 4 rings (SSSR count). The molecule has 0 aromatic carbocycles. The van der Waals surface area contributed by atoms with Gasteiger partial charge in [0.15, 0.2) is 0 Å². The number of nitrogens with one attached hydrogen (secondary N) is 2. The zero-order chi connectivity index (χ0) is 39.4. The first-order valence-corrected chi connectivity index (χ1v) is 23.5. The van der Waals surface area contributed by atoms with Gasteiger partial charge < -0.3 is 10.6 Å². The Morgan fingerprint density at radius 1 is 0.636 bits per heavy atom. The summed E-state index contributed by atoms with van der Waals surface area (Å²) in [4.78, 5) is 37.7. The van der Waals surface area contributed by atoms with Gasteiger partial charge in [-0.3, -0.25) is 13.9 Å². The highest BCUT2D eigenvalue weighted by Crippen LogP contribution is 2.20. The fraction of sp³-hybridized carbons (Fsp3) is 0.721. The number of unbranched alkanes of at least 4 members (excludes halogenated alkanes) is 7. The van der Waals surface area contributed by atoms with Gasteiger partial charge in [0.05, 0.1) is 14.1 Å². The van der Waals surface area contributed by atoms with Crippen LogP contribution in [0.15, 0.2) is 32.0 Å². The van der Waals surface area contributed by atoms with Crippen molar-refractivity contribution in [1.29, 1.82) is 0 Å². The SMILES string of the molecule is CCCCCCCCCCc1c(C)n2c(=O)n(c1=O)CCCCCSc1nc(cc(C)[n+]1C)NCCCCCCNc1cc(C)[n+](C)c(n1)SCCCCC2. The Morgan fingerprint density at radius 3 is 1.64 bits per heavy atom. The van der Waals surface area contributed by atoms with Crippen LogP contribution in [0.25, 0.3) is 0 Å². The minimum atomic E-state index is -0.137. The third kappa shape index (κ3) is 14.5. The number of aromatic nitrogens is 6. The molecule has 0 amide bonds. The third-order valence-electron chi connectivity index (χ3n) is 11.1. The minimum absolute atomic E-state index is 0.0637. The Bertz CT molecular complexity index is 1740. The van der Waals surface area contributed by atoms with Crippen molar-refractivity contribution in [3.05, 3.63) is 55.6 Å². The molecule has 3 aromatic heterocycles. The van der Waals surface area contributed by atoms with E-state index < -0.39 is 0 Å². The van der Waals surface area contributed by atoms with Crippen LogP contribution in [-0.2, 0) is 33.6 Å². The summed E-state index contributed by atoms with van der Waals surface area (Å²) in [5.41, 5.74) is 3.89. The van der Waals surface area contributed by atoms with E-state index in [2.05, 4.69) is 66.8 Å². The number of nitrogens with zero attached hydrogens (tertiary/aromatic N) is 6. The average Bonchev–Trinajstić information content (AvgIpc) is 3.16. The van der Waals surface area contributed by atoms with Crippen LogP contribution in [0.4, 0.5) is 11.6 Å². The third-order valence-corrected chi connectivity index (χ3v) is 13.3. The van der Waals surface area contributed by atoms with Gasteiger partial charge in [-0.1, -0.05) is 77.6 Å². The first-order chi connectivity index (χ1) is 26.7. The molecule has 0 saturated carbocycles.